The Morgan fingerprint density at radius 2 is 2.05 bits per heavy atom. The fourth-order valence-corrected chi connectivity index (χ4v) is 2.32. The Morgan fingerprint density at radius 3 is 2.67 bits per heavy atom. The third kappa shape index (κ3) is 4.43. The molecule has 0 radical (unpaired) electrons. The van der Waals surface area contributed by atoms with E-state index in [9.17, 15) is 4.79 Å². The predicted molar refractivity (Wildman–Crippen MR) is 81.2 cm³/mol. The number of nitrogens with zero attached hydrogens (tertiary/aromatic N) is 1. The quantitative estimate of drug-likeness (QED) is 0.870. The van der Waals surface area contributed by atoms with Crippen molar-refractivity contribution < 1.29 is 14.2 Å². The zero-order valence-corrected chi connectivity index (χ0v) is 13.0. The molecule has 0 aliphatic carbocycles. The van der Waals surface area contributed by atoms with Gasteiger partial charge < -0.3 is 14.7 Å². The summed E-state index contributed by atoms with van der Waals surface area (Å²) in [6.07, 6.45) is 0. The van der Waals surface area contributed by atoms with Crippen LogP contribution in [0.15, 0.2) is 28.8 Å². The Labute approximate surface area is 124 Å². The molecule has 2 aromatic rings. The van der Waals surface area contributed by atoms with E-state index < -0.39 is 0 Å². The van der Waals surface area contributed by atoms with E-state index in [1.165, 1.54) is 16.7 Å². The number of aryl methyl sites for hydroxylation is 3. The van der Waals surface area contributed by atoms with Crippen LogP contribution in [0.5, 0.6) is 0 Å². The molecule has 0 fully saturated rings. The summed E-state index contributed by atoms with van der Waals surface area (Å²) in [6.45, 7) is 7.19. The van der Waals surface area contributed by atoms with E-state index in [-0.39, 0.29) is 5.91 Å². The first kappa shape index (κ1) is 15.3. The van der Waals surface area contributed by atoms with Crippen molar-refractivity contribution in [3.05, 3.63) is 46.7 Å². The van der Waals surface area contributed by atoms with Crippen LogP contribution in [0.2, 0.25) is 0 Å². The first-order chi connectivity index (χ1) is 9.94. The van der Waals surface area contributed by atoms with Crippen LogP contribution < -0.4 is 10.2 Å². The van der Waals surface area contributed by atoms with Crippen LogP contribution in [0.3, 0.4) is 0 Å². The monoisotopic (exact) mass is 288 g/mol. The molecular formula is C16H22N3O2+. The average Bonchev–Trinajstić information content (AvgIpc) is 2.78. The van der Waals surface area contributed by atoms with Crippen molar-refractivity contribution in [2.45, 2.75) is 27.3 Å². The molecule has 21 heavy (non-hydrogen) atoms. The minimum Gasteiger partial charge on any atom is -0.360 e. The number of carbonyl (C=O) groups is 1. The Hall–Kier alpha value is -2.14. The van der Waals surface area contributed by atoms with Crippen molar-refractivity contribution in [2.75, 3.05) is 18.9 Å². The van der Waals surface area contributed by atoms with Gasteiger partial charge in [0.1, 0.15) is 12.3 Å². The molecule has 1 amide bonds. The zero-order chi connectivity index (χ0) is 15.4. The van der Waals surface area contributed by atoms with Crippen LogP contribution in [0.4, 0.5) is 5.82 Å². The highest BCUT2D eigenvalue weighted by atomic mass is 16.5. The lowest BCUT2D eigenvalue weighted by atomic mass is 10.1. The summed E-state index contributed by atoms with van der Waals surface area (Å²) >= 11 is 0. The van der Waals surface area contributed by atoms with Gasteiger partial charge >= 0.3 is 0 Å². The number of nitrogens with one attached hydrogen (secondary N) is 2. The third-order valence-electron chi connectivity index (χ3n) is 3.35. The molecule has 0 bridgehead atoms. The maximum atomic E-state index is 11.9. The molecule has 1 unspecified atom stereocenters. The predicted octanol–water partition coefficient (Wildman–Crippen LogP) is 1.25. The minimum absolute atomic E-state index is 0.0643. The van der Waals surface area contributed by atoms with Gasteiger partial charge in [0.2, 0.25) is 0 Å². The molecule has 2 rings (SSSR count). The van der Waals surface area contributed by atoms with Crippen molar-refractivity contribution in [1.29, 1.82) is 0 Å². The van der Waals surface area contributed by atoms with Crippen molar-refractivity contribution in [3.8, 4) is 0 Å². The second-order valence-corrected chi connectivity index (χ2v) is 5.61. The fraction of sp³-hybridized carbons (Fsp3) is 0.375. The Balaban J connectivity index is 1.89. The van der Waals surface area contributed by atoms with E-state index >= 15 is 0 Å². The van der Waals surface area contributed by atoms with Gasteiger partial charge in [0.05, 0.1) is 7.05 Å². The van der Waals surface area contributed by atoms with Crippen LogP contribution in [0.1, 0.15) is 22.5 Å². The molecule has 1 atom stereocenters. The van der Waals surface area contributed by atoms with E-state index in [2.05, 4.69) is 42.5 Å². The summed E-state index contributed by atoms with van der Waals surface area (Å²) in [5.41, 5.74) is 3.79. The maximum absolute atomic E-state index is 11.9. The Kier molecular flexibility index (Phi) is 4.75. The summed E-state index contributed by atoms with van der Waals surface area (Å²) in [6, 6.07) is 8.11. The van der Waals surface area contributed by atoms with E-state index in [4.69, 9.17) is 4.52 Å². The second kappa shape index (κ2) is 6.54. The lowest BCUT2D eigenvalue weighted by Crippen LogP contribution is -3.08. The van der Waals surface area contributed by atoms with Crippen LogP contribution in [-0.4, -0.2) is 24.7 Å². The summed E-state index contributed by atoms with van der Waals surface area (Å²) < 4.78 is 4.92. The van der Waals surface area contributed by atoms with Gasteiger partial charge in [-0.3, -0.25) is 4.79 Å². The van der Waals surface area contributed by atoms with Gasteiger partial charge in [0.25, 0.3) is 5.91 Å². The van der Waals surface area contributed by atoms with Crippen LogP contribution in [-0.2, 0) is 11.3 Å². The molecule has 1 aromatic carbocycles. The van der Waals surface area contributed by atoms with Crippen molar-refractivity contribution in [2.24, 2.45) is 0 Å². The number of hydrogen-bond donors (Lipinski definition) is 2. The second-order valence-electron chi connectivity index (χ2n) is 5.61. The van der Waals surface area contributed by atoms with Crippen molar-refractivity contribution >= 4 is 11.7 Å². The highest BCUT2D eigenvalue weighted by molar-refractivity contribution is 5.90. The summed E-state index contributed by atoms with van der Waals surface area (Å²) in [5.74, 6) is 1.09. The molecular weight excluding hydrogens is 266 g/mol. The zero-order valence-electron chi connectivity index (χ0n) is 13.0. The topological polar surface area (TPSA) is 59.6 Å². The van der Waals surface area contributed by atoms with Crippen molar-refractivity contribution in [1.82, 2.24) is 5.16 Å². The van der Waals surface area contributed by atoms with E-state index in [1.807, 2.05) is 7.05 Å². The number of likely N-dealkylation sites (N-methyl/N-ethyl adjacent to an activating group) is 1. The molecule has 0 saturated heterocycles. The van der Waals surface area contributed by atoms with Gasteiger partial charge in [0, 0.05) is 11.6 Å². The summed E-state index contributed by atoms with van der Waals surface area (Å²) in [7, 11) is 2.01. The van der Waals surface area contributed by atoms with E-state index in [0.29, 0.717) is 18.1 Å². The largest absolute Gasteiger partial charge is 0.360 e. The number of quaternary nitrogens is 1. The number of aromatic nitrogens is 1. The molecule has 1 heterocycles. The fourth-order valence-electron chi connectivity index (χ4n) is 2.32. The summed E-state index contributed by atoms with van der Waals surface area (Å²) in [5, 5.41) is 6.49. The Bertz CT molecular complexity index is 634. The maximum Gasteiger partial charge on any atom is 0.280 e. The number of amides is 1. The van der Waals surface area contributed by atoms with Gasteiger partial charge in [-0.2, -0.15) is 0 Å². The first-order valence-electron chi connectivity index (χ1n) is 7.04. The number of carbonyl (C=O) groups excluding carboxylic acids is 1. The van der Waals surface area contributed by atoms with Crippen LogP contribution in [0.25, 0.3) is 0 Å². The minimum atomic E-state index is -0.0643. The van der Waals surface area contributed by atoms with Gasteiger partial charge in [-0.15, -0.1) is 0 Å². The molecule has 0 spiro atoms. The summed E-state index contributed by atoms with van der Waals surface area (Å²) in [4.78, 5) is 13.1. The third-order valence-corrected chi connectivity index (χ3v) is 3.35. The van der Waals surface area contributed by atoms with E-state index in [1.54, 1.807) is 13.0 Å². The van der Waals surface area contributed by atoms with E-state index in [0.717, 1.165) is 11.4 Å². The number of benzene rings is 1. The SMILES string of the molecule is Cc1ccc(C[NH+](C)CC(=O)Nc2cc(C)on2)c(C)c1. The van der Waals surface area contributed by atoms with Gasteiger partial charge in [-0.05, 0) is 26.3 Å². The van der Waals surface area contributed by atoms with Gasteiger partial charge in [-0.25, -0.2) is 0 Å². The van der Waals surface area contributed by atoms with Gasteiger partial charge in [0.15, 0.2) is 12.4 Å². The highest BCUT2D eigenvalue weighted by Crippen LogP contribution is 2.09. The molecule has 1 aromatic heterocycles. The van der Waals surface area contributed by atoms with Gasteiger partial charge in [-0.1, -0.05) is 28.9 Å². The Morgan fingerprint density at radius 1 is 1.29 bits per heavy atom. The average molecular weight is 288 g/mol. The number of hydrogen-bond acceptors (Lipinski definition) is 3. The number of anilines is 1. The van der Waals surface area contributed by atoms with Crippen LogP contribution in [0, 0.1) is 20.8 Å². The van der Waals surface area contributed by atoms with Crippen LogP contribution >= 0.6 is 0 Å². The smallest absolute Gasteiger partial charge is 0.280 e. The lowest BCUT2D eigenvalue weighted by molar-refractivity contribution is -0.885. The molecule has 0 aliphatic heterocycles. The molecule has 2 N–H and O–H groups in total. The molecule has 0 saturated carbocycles. The molecule has 0 aliphatic rings. The normalized spacial score (nSPS) is 12.2. The number of rotatable bonds is 5. The lowest BCUT2D eigenvalue weighted by Gasteiger charge is -2.15. The highest BCUT2D eigenvalue weighted by Gasteiger charge is 2.13. The molecule has 5 nitrogen and oxygen atoms in total. The molecule has 112 valence electrons. The standard InChI is InChI=1S/C16H21N3O2/c1-11-5-6-14(12(2)7-11)9-19(4)10-16(20)17-15-8-13(3)21-18-15/h5-8H,9-10H2,1-4H3,(H,17,18,20)/p+1. The van der Waals surface area contributed by atoms with Crippen molar-refractivity contribution in [3.63, 3.8) is 0 Å². The first-order valence-corrected chi connectivity index (χ1v) is 7.04. The molecule has 5 heteroatoms.